The fourth-order valence-corrected chi connectivity index (χ4v) is 3.35. The van der Waals surface area contributed by atoms with Crippen molar-refractivity contribution < 1.29 is 22.3 Å². The first-order chi connectivity index (χ1) is 12.7. The number of aromatic nitrogens is 3. The van der Waals surface area contributed by atoms with E-state index in [1.807, 2.05) is 0 Å². The van der Waals surface area contributed by atoms with Crippen molar-refractivity contribution in [2.24, 2.45) is 0 Å². The second-order valence-corrected chi connectivity index (χ2v) is 6.22. The fraction of sp³-hybridized carbons (Fsp3) is 0.188. The Balaban J connectivity index is 2.34. The summed E-state index contributed by atoms with van der Waals surface area (Å²) in [4.78, 5) is 27.0. The number of fused-ring (bicyclic) bond motifs is 1. The van der Waals surface area contributed by atoms with E-state index in [4.69, 9.17) is 11.2 Å². The maximum Gasteiger partial charge on any atom is 0.433 e. The Kier molecular flexibility index (Phi) is 4.52. The number of halogens is 4. The third kappa shape index (κ3) is 3.19. The van der Waals surface area contributed by atoms with Crippen LogP contribution in [0.2, 0.25) is 0 Å². The number of terminal acetylenes is 1. The molecule has 0 aliphatic rings. The van der Waals surface area contributed by atoms with Crippen LogP contribution in [0.15, 0.2) is 27.8 Å². The Labute approximate surface area is 152 Å². The zero-order chi connectivity index (χ0) is 19.9. The minimum absolute atomic E-state index is 0.0960. The van der Waals surface area contributed by atoms with Gasteiger partial charge in [0, 0.05) is 6.07 Å². The molecule has 2 aromatic heterocycles. The van der Waals surface area contributed by atoms with Crippen LogP contribution in [0.3, 0.4) is 0 Å². The lowest BCUT2D eigenvalue weighted by molar-refractivity contribution is -0.141. The van der Waals surface area contributed by atoms with Crippen molar-refractivity contribution in [1.29, 1.82) is 0 Å². The van der Waals surface area contributed by atoms with Crippen LogP contribution in [-0.4, -0.2) is 21.2 Å². The van der Waals surface area contributed by atoms with Crippen molar-refractivity contribution in [2.45, 2.75) is 12.7 Å². The Bertz CT molecular complexity index is 1200. The van der Waals surface area contributed by atoms with Crippen molar-refractivity contribution in [3.63, 3.8) is 0 Å². The largest absolute Gasteiger partial charge is 0.468 e. The maximum absolute atomic E-state index is 14.6. The summed E-state index contributed by atoms with van der Waals surface area (Å²) in [5.41, 5.74) is -2.86. The summed E-state index contributed by atoms with van der Waals surface area (Å²) >= 11 is 0.746. The van der Waals surface area contributed by atoms with E-state index in [0.29, 0.717) is 4.57 Å². The molecule has 0 aliphatic heterocycles. The Morgan fingerprint density at radius 2 is 2.00 bits per heavy atom. The number of methoxy groups -OCH3 is 1. The molecule has 3 aromatic rings. The highest BCUT2D eigenvalue weighted by Crippen LogP contribution is 2.30. The third-order valence-corrected chi connectivity index (χ3v) is 4.53. The lowest BCUT2D eigenvalue weighted by atomic mass is 10.2. The highest BCUT2D eigenvalue weighted by Gasteiger charge is 2.34. The van der Waals surface area contributed by atoms with Crippen LogP contribution in [0.25, 0.3) is 15.9 Å². The van der Waals surface area contributed by atoms with E-state index >= 15 is 0 Å². The first kappa shape index (κ1) is 18.7. The Hall–Kier alpha value is -3.13. The molecule has 0 fully saturated rings. The van der Waals surface area contributed by atoms with E-state index in [2.05, 4.69) is 10.9 Å². The van der Waals surface area contributed by atoms with Crippen molar-refractivity contribution in [3.8, 4) is 24.0 Å². The summed E-state index contributed by atoms with van der Waals surface area (Å²) in [5, 5.41) is 0. The van der Waals surface area contributed by atoms with E-state index in [1.54, 1.807) is 0 Å². The second kappa shape index (κ2) is 6.55. The molecule has 0 aliphatic carbocycles. The summed E-state index contributed by atoms with van der Waals surface area (Å²) in [6.07, 6.45) is 0.335. The zero-order valence-corrected chi connectivity index (χ0v) is 14.3. The normalized spacial score (nSPS) is 11.6. The molecule has 0 saturated carbocycles. The molecule has 0 bridgehead atoms. The number of ether oxygens (including phenoxy) is 1. The predicted molar refractivity (Wildman–Crippen MR) is 89.8 cm³/mol. The molecular formula is C16H9F4N3O3S. The second-order valence-electron chi connectivity index (χ2n) is 5.23. The SMILES string of the molecule is C#CCn1c(=O)sc2cc(F)c(-n3c(OC)nc(C(F)(F)F)cc3=O)cc21. The summed E-state index contributed by atoms with van der Waals surface area (Å²) in [6, 6.07) is 1.61. The molecule has 3 rings (SSSR count). The number of hydrogen-bond acceptors (Lipinski definition) is 5. The van der Waals surface area contributed by atoms with Crippen LogP contribution in [0, 0.1) is 18.2 Å². The van der Waals surface area contributed by atoms with Gasteiger partial charge >= 0.3 is 17.1 Å². The monoisotopic (exact) mass is 399 g/mol. The van der Waals surface area contributed by atoms with E-state index in [-0.39, 0.29) is 22.8 Å². The van der Waals surface area contributed by atoms with E-state index in [1.165, 1.54) is 4.57 Å². The van der Waals surface area contributed by atoms with Crippen molar-refractivity contribution in [2.75, 3.05) is 7.11 Å². The molecule has 27 heavy (non-hydrogen) atoms. The Morgan fingerprint density at radius 3 is 2.59 bits per heavy atom. The van der Waals surface area contributed by atoms with Crippen LogP contribution < -0.4 is 15.2 Å². The van der Waals surface area contributed by atoms with Crippen LogP contribution in [-0.2, 0) is 12.7 Å². The minimum atomic E-state index is -4.88. The lowest BCUT2D eigenvalue weighted by Crippen LogP contribution is -2.25. The van der Waals surface area contributed by atoms with Crippen LogP contribution >= 0.6 is 11.3 Å². The number of hydrogen-bond donors (Lipinski definition) is 0. The van der Waals surface area contributed by atoms with E-state index < -0.39 is 39.8 Å². The fourth-order valence-electron chi connectivity index (χ4n) is 2.45. The van der Waals surface area contributed by atoms with Gasteiger partial charge in [-0.25, -0.2) is 8.96 Å². The van der Waals surface area contributed by atoms with Crippen LogP contribution in [0.1, 0.15) is 5.69 Å². The molecule has 1 aromatic carbocycles. The molecular weight excluding hydrogens is 390 g/mol. The van der Waals surface area contributed by atoms with Crippen LogP contribution in [0.4, 0.5) is 17.6 Å². The molecule has 0 amide bonds. The number of thiazole rings is 1. The molecule has 0 atom stereocenters. The molecule has 0 unspecified atom stereocenters. The molecule has 0 spiro atoms. The molecule has 11 heteroatoms. The Morgan fingerprint density at radius 1 is 1.30 bits per heavy atom. The molecule has 0 N–H and O–H groups in total. The first-order valence-corrected chi connectivity index (χ1v) is 8.01. The van der Waals surface area contributed by atoms with Gasteiger partial charge in [0.2, 0.25) is 0 Å². The lowest BCUT2D eigenvalue weighted by Gasteiger charge is -2.14. The van der Waals surface area contributed by atoms with E-state index in [0.717, 1.165) is 30.6 Å². The summed E-state index contributed by atoms with van der Waals surface area (Å²) in [6.45, 7) is -0.0960. The van der Waals surface area contributed by atoms with Gasteiger partial charge in [0.15, 0.2) is 5.69 Å². The van der Waals surface area contributed by atoms with Gasteiger partial charge < -0.3 is 4.74 Å². The summed E-state index contributed by atoms with van der Waals surface area (Å²) in [5.74, 6) is 1.33. The van der Waals surface area contributed by atoms with Gasteiger partial charge in [-0.1, -0.05) is 17.3 Å². The van der Waals surface area contributed by atoms with Gasteiger partial charge in [-0.3, -0.25) is 14.2 Å². The van der Waals surface area contributed by atoms with E-state index in [9.17, 15) is 27.2 Å². The standard InChI is InChI=1S/C16H9F4N3O3S/c1-3-4-22-10-6-9(8(17)5-11(10)27-15(22)25)23-13(24)7-12(16(18,19)20)21-14(23)26-2/h1,5-7H,4H2,2H3. The van der Waals surface area contributed by atoms with Crippen molar-refractivity contribution in [1.82, 2.24) is 14.1 Å². The number of benzene rings is 1. The third-order valence-electron chi connectivity index (χ3n) is 3.59. The quantitative estimate of drug-likeness (QED) is 0.501. The van der Waals surface area contributed by atoms with Crippen molar-refractivity contribution in [3.05, 3.63) is 49.7 Å². The molecule has 0 radical (unpaired) electrons. The number of alkyl halides is 3. The topological polar surface area (TPSA) is 66.1 Å². The molecule has 6 nitrogen and oxygen atoms in total. The van der Waals surface area contributed by atoms with Crippen molar-refractivity contribution >= 4 is 21.6 Å². The van der Waals surface area contributed by atoms with Gasteiger partial charge in [-0.2, -0.15) is 18.2 Å². The molecule has 2 heterocycles. The maximum atomic E-state index is 14.6. The van der Waals surface area contributed by atoms with Gasteiger partial charge in [0.05, 0.1) is 29.6 Å². The average Bonchev–Trinajstić information content (AvgIpc) is 2.88. The van der Waals surface area contributed by atoms with Gasteiger partial charge in [0.1, 0.15) is 5.82 Å². The van der Waals surface area contributed by atoms with Gasteiger partial charge in [-0.15, -0.1) is 6.42 Å². The smallest absolute Gasteiger partial charge is 0.433 e. The minimum Gasteiger partial charge on any atom is -0.468 e. The zero-order valence-electron chi connectivity index (χ0n) is 13.5. The number of rotatable bonds is 3. The molecule has 140 valence electrons. The highest BCUT2D eigenvalue weighted by atomic mass is 32.1. The molecule has 0 saturated heterocycles. The number of nitrogens with zero attached hydrogens (tertiary/aromatic N) is 3. The first-order valence-electron chi connectivity index (χ1n) is 7.19. The highest BCUT2D eigenvalue weighted by molar-refractivity contribution is 7.16. The van der Waals surface area contributed by atoms with Crippen LogP contribution in [0.5, 0.6) is 6.01 Å². The predicted octanol–water partition coefficient (Wildman–Crippen LogP) is 2.41. The van der Waals surface area contributed by atoms with Gasteiger partial charge in [-0.05, 0) is 12.1 Å². The summed E-state index contributed by atoms with van der Waals surface area (Å²) in [7, 11) is 0.994. The summed E-state index contributed by atoms with van der Waals surface area (Å²) < 4.78 is 59.9. The average molecular weight is 399 g/mol. The van der Waals surface area contributed by atoms with Gasteiger partial charge in [0.25, 0.3) is 5.56 Å².